The Balaban J connectivity index is 1.81. The smallest absolute Gasteiger partial charge is 0.243 e. The quantitative estimate of drug-likeness (QED) is 0.814. The first kappa shape index (κ1) is 15.9. The molecular weight excluding hydrogens is 272 g/mol. The zero-order valence-electron chi connectivity index (χ0n) is 12.9. The van der Waals surface area contributed by atoms with Gasteiger partial charge >= 0.3 is 0 Å². The number of hydrogen-bond acceptors (Lipinski definition) is 6. The molecule has 1 aromatic rings. The van der Waals surface area contributed by atoms with Gasteiger partial charge in [-0.05, 0) is 20.8 Å². The summed E-state index contributed by atoms with van der Waals surface area (Å²) in [5.41, 5.74) is 0.740. The molecule has 21 heavy (non-hydrogen) atoms. The number of aromatic nitrogens is 1. The number of anilines is 1. The van der Waals surface area contributed by atoms with Gasteiger partial charge in [-0.15, -0.1) is 0 Å². The van der Waals surface area contributed by atoms with E-state index in [4.69, 9.17) is 4.52 Å². The Bertz CT molecular complexity index is 467. The molecule has 2 heterocycles. The number of aliphatic hydroxyl groups excluding tert-OH is 1. The third-order valence-electron chi connectivity index (χ3n) is 3.73. The van der Waals surface area contributed by atoms with Crippen molar-refractivity contribution in [3.63, 3.8) is 0 Å². The number of carbonyl (C=O) groups excluding carboxylic acids is 1. The maximum atomic E-state index is 12.2. The van der Waals surface area contributed by atoms with Crippen LogP contribution in [0.3, 0.4) is 0 Å². The van der Waals surface area contributed by atoms with Gasteiger partial charge in [-0.2, -0.15) is 0 Å². The molecule has 1 aromatic heterocycles. The van der Waals surface area contributed by atoms with E-state index in [0.29, 0.717) is 12.4 Å². The number of amides is 1. The second kappa shape index (κ2) is 7.02. The Kier molecular flexibility index (Phi) is 5.33. The predicted molar refractivity (Wildman–Crippen MR) is 79.0 cm³/mol. The van der Waals surface area contributed by atoms with Crippen LogP contribution in [-0.4, -0.2) is 70.8 Å². The van der Waals surface area contributed by atoms with Gasteiger partial charge in [-0.3, -0.25) is 19.9 Å². The van der Waals surface area contributed by atoms with Gasteiger partial charge < -0.3 is 9.63 Å². The minimum Gasteiger partial charge on any atom is -0.392 e. The highest BCUT2D eigenvalue weighted by atomic mass is 16.5. The predicted octanol–water partition coefficient (Wildman–Crippen LogP) is 0.308. The summed E-state index contributed by atoms with van der Waals surface area (Å²) in [5, 5.41) is 15.9. The molecule has 1 aliphatic rings. The fourth-order valence-electron chi connectivity index (χ4n) is 2.52. The van der Waals surface area contributed by atoms with E-state index in [9.17, 15) is 9.90 Å². The van der Waals surface area contributed by atoms with Crippen molar-refractivity contribution in [3.05, 3.63) is 11.8 Å². The standard InChI is InChI=1S/C14H24N4O3/c1-10-8-13(21-16-10)15-14(20)12(3)18-6-4-17(5-7-18)9-11(2)19/h8,11-12,19H,4-7,9H2,1-3H3,(H,15,20)/t11-,12+/m1/s1. The van der Waals surface area contributed by atoms with Crippen LogP contribution in [0.4, 0.5) is 5.88 Å². The molecule has 0 aromatic carbocycles. The van der Waals surface area contributed by atoms with Crippen molar-refractivity contribution in [3.8, 4) is 0 Å². The monoisotopic (exact) mass is 296 g/mol. The van der Waals surface area contributed by atoms with Crippen LogP contribution < -0.4 is 5.32 Å². The summed E-state index contributed by atoms with van der Waals surface area (Å²) in [4.78, 5) is 16.5. The van der Waals surface area contributed by atoms with Gasteiger partial charge in [-0.25, -0.2) is 0 Å². The number of piperazine rings is 1. The molecule has 0 aliphatic carbocycles. The molecular formula is C14H24N4O3. The first-order valence-corrected chi connectivity index (χ1v) is 7.34. The molecule has 2 atom stereocenters. The number of hydrogen-bond donors (Lipinski definition) is 2. The van der Waals surface area contributed by atoms with Gasteiger partial charge in [0.2, 0.25) is 11.8 Å². The van der Waals surface area contributed by atoms with Crippen LogP contribution in [0.2, 0.25) is 0 Å². The normalized spacial score (nSPS) is 20.2. The van der Waals surface area contributed by atoms with Gasteiger partial charge in [0, 0.05) is 38.8 Å². The molecule has 7 nitrogen and oxygen atoms in total. The van der Waals surface area contributed by atoms with Crippen LogP contribution in [0.25, 0.3) is 0 Å². The molecule has 0 bridgehead atoms. The minimum absolute atomic E-state index is 0.0878. The van der Waals surface area contributed by atoms with E-state index < -0.39 is 0 Å². The summed E-state index contributed by atoms with van der Waals surface area (Å²) in [5.74, 6) is 0.298. The molecule has 1 saturated heterocycles. The molecule has 1 fully saturated rings. The highest BCUT2D eigenvalue weighted by molar-refractivity contribution is 5.93. The van der Waals surface area contributed by atoms with Crippen LogP contribution >= 0.6 is 0 Å². The van der Waals surface area contributed by atoms with Gasteiger partial charge in [0.15, 0.2) is 0 Å². The summed E-state index contributed by atoms with van der Waals surface area (Å²) in [7, 11) is 0. The Hall–Kier alpha value is -1.44. The Morgan fingerprint density at radius 2 is 2.10 bits per heavy atom. The zero-order valence-corrected chi connectivity index (χ0v) is 12.9. The molecule has 0 spiro atoms. The number of aryl methyl sites for hydroxylation is 1. The number of aliphatic hydroxyl groups is 1. The number of carbonyl (C=O) groups is 1. The van der Waals surface area contributed by atoms with E-state index in [1.54, 1.807) is 13.0 Å². The average Bonchev–Trinajstić information content (AvgIpc) is 2.83. The molecule has 2 rings (SSSR count). The Labute approximate surface area is 124 Å². The van der Waals surface area contributed by atoms with Crippen molar-refractivity contribution >= 4 is 11.8 Å². The van der Waals surface area contributed by atoms with Gasteiger partial charge in [0.1, 0.15) is 0 Å². The molecule has 7 heteroatoms. The zero-order chi connectivity index (χ0) is 15.4. The number of nitrogens with zero attached hydrogens (tertiary/aromatic N) is 3. The van der Waals surface area contributed by atoms with Crippen molar-refractivity contribution in [1.29, 1.82) is 0 Å². The van der Waals surface area contributed by atoms with Gasteiger partial charge in [0.25, 0.3) is 0 Å². The number of β-amino-alcohol motifs (C(OH)–C–C–N with tert-alkyl or cyclic N) is 1. The van der Waals surface area contributed by atoms with E-state index in [2.05, 4.69) is 20.3 Å². The van der Waals surface area contributed by atoms with E-state index in [1.165, 1.54) is 0 Å². The molecule has 0 unspecified atom stereocenters. The third kappa shape index (κ3) is 4.52. The van der Waals surface area contributed by atoms with E-state index in [1.807, 2.05) is 13.8 Å². The largest absolute Gasteiger partial charge is 0.392 e. The molecule has 1 amide bonds. The fraction of sp³-hybridized carbons (Fsp3) is 0.714. The molecule has 0 saturated carbocycles. The van der Waals surface area contributed by atoms with Gasteiger partial charge in [-0.1, -0.05) is 5.16 Å². The van der Waals surface area contributed by atoms with Crippen molar-refractivity contribution in [1.82, 2.24) is 15.0 Å². The van der Waals surface area contributed by atoms with Crippen LogP contribution in [0, 0.1) is 6.92 Å². The highest BCUT2D eigenvalue weighted by Gasteiger charge is 2.26. The van der Waals surface area contributed by atoms with E-state index in [0.717, 1.165) is 31.9 Å². The maximum Gasteiger partial charge on any atom is 0.243 e. The first-order valence-electron chi connectivity index (χ1n) is 7.34. The van der Waals surface area contributed by atoms with Gasteiger partial charge in [0.05, 0.1) is 17.8 Å². The Morgan fingerprint density at radius 3 is 2.62 bits per heavy atom. The molecule has 118 valence electrons. The third-order valence-corrected chi connectivity index (χ3v) is 3.73. The lowest BCUT2D eigenvalue weighted by molar-refractivity contribution is -0.121. The fourth-order valence-corrected chi connectivity index (χ4v) is 2.52. The lowest BCUT2D eigenvalue weighted by Gasteiger charge is -2.37. The minimum atomic E-state index is -0.313. The molecule has 0 radical (unpaired) electrons. The molecule has 2 N–H and O–H groups in total. The second-order valence-corrected chi connectivity index (χ2v) is 5.68. The van der Waals surface area contributed by atoms with Crippen LogP contribution in [0.1, 0.15) is 19.5 Å². The average molecular weight is 296 g/mol. The van der Waals surface area contributed by atoms with Crippen LogP contribution in [-0.2, 0) is 4.79 Å². The van der Waals surface area contributed by atoms with Crippen LogP contribution in [0.5, 0.6) is 0 Å². The first-order chi connectivity index (χ1) is 9.95. The number of nitrogens with one attached hydrogen (secondary N) is 1. The van der Waals surface area contributed by atoms with Crippen LogP contribution in [0.15, 0.2) is 10.6 Å². The summed E-state index contributed by atoms with van der Waals surface area (Å²) in [6.07, 6.45) is -0.313. The highest BCUT2D eigenvalue weighted by Crippen LogP contribution is 2.12. The Morgan fingerprint density at radius 1 is 1.43 bits per heavy atom. The molecule has 1 aliphatic heterocycles. The summed E-state index contributed by atoms with van der Waals surface area (Å²) in [6.45, 7) is 9.54. The van der Waals surface area contributed by atoms with Crippen molar-refractivity contribution < 1.29 is 14.4 Å². The maximum absolute atomic E-state index is 12.2. The topological polar surface area (TPSA) is 81.8 Å². The lowest BCUT2D eigenvalue weighted by Crippen LogP contribution is -2.53. The SMILES string of the molecule is Cc1cc(NC(=O)[C@H](C)N2CCN(C[C@@H](C)O)CC2)on1. The summed E-state index contributed by atoms with van der Waals surface area (Å²) >= 11 is 0. The lowest BCUT2D eigenvalue weighted by atomic mass is 10.2. The second-order valence-electron chi connectivity index (χ2n) is 5.68. The van der Waals surface area contributed by atoms with Crippen molar-refractivity contribution in [2.24, 2.45) is 0 Å². The van der Waals surface area contributed by atoms with Crippen molar-refractivity contribution in [2.45, 2.75) is 32.9 Å². The summed E-state index contributed by atoms with van der Waals surface area (Å²) < 4.78 is 5.00. The summed E-state index contributed by atoms with van der Waals surface area (Å²) in [6, 6.07) is 1.48. The number of rotatable bonds is 5. The van der Waals surface area contributed by atoms with E-state index in [-0.39, 0.29) is 18.1 Å². The van der Waals surface area contributed by atoms with Crippen molar-refractivity contribution in [2.75, 3.05) is 38.0 Å². The van der Waals surface area contributed by atoms with E-state index >= 15 is 0 Å².